The van der Waals surface area contributed by atoms with E-state index < -0.39 is 0 Å². The van der Waals surface area contributed by atoms with Crippen molar-refractivity contribution in [2.75, 3.05) is 6.61 Å². The molecule has 1 rings (SSSR count). The Hall–Kier alpha value is -1.51. The van der Waals surface area contributed by atoms with Crippen LogP contribution in [0.15, 0.2) is 30.3 Å². The number of hydrogen-bond acceptors (Lipinski definition) is 2. The minimum atomic E-state index is -0.326. The molecule has 0 aromatic heterocycles. The zero-order valence-electron chi connectivity index (χ0n) is 11.3. The highest BCUT2D eigenvalue weighted by Crippen LogP contribution is 2.10. The standard InChI is InChI=1S/C15H23NO2/c1-3-8-13(4-2)12-18-15(17)16-11-14-9-6-5-7-10-14/h5-7,9-10,13H,3-4,8,11-12H2,1-2H3,(H,16,17). The molecule has 0 saturated carbocycles. The van der Waals surface area contributed by atoms with E-state index in [-0.39, 0.29) is 6.09 Å². The lowest BCUT2D eigenvalue weighted by molar-refractivity contribution is 0.122. The molecule has 1 amide bonds. The topological polar surface area (TPSA) is 38.3 Å². The van der Waals surface area contributed by atoms with Gasteiger partial charge in [-0.25, -0.2) is 4.79 Å². The van der Waals surface area contributed by atoms with Gasteiger partial charge >= 0.3 is 6.09 Å². The second-order valence-corrected chi connectivity index (χ2v) is 4.50. The Morgan fingerprint density at radius 1 is 1.28 bits per heavy atom. The number of carbonyl (C=O) groups is 1. The van der Waals surface area contributed by atoms with E-state index in [1.807, 2.05) is 30.3 Å². The molecule has 0 aliphatic heterocycles. The van der Waals surface area contributed by atoms with E-state index in [0.29, 0.717) is 19.1 Å². The van der Waals surface area contributed by atoms with Crippen LogP contribution in [0.2, 0.25) is 0 Å². The molecule has 0 radical (unpaired) electrons. The number of carbonyl (C=O) groups excluding carboxylic acids is 1. The van der Waals surface area contributed by atoms with Crippen molar-refractivity contribution in [1.29, 1.82) is 0 Å². The summed E-state index contributed by atoms with van der Waals surface area (Å²) in [4.78, 5) is 11.5. The van der Waals surface area contributed by atoms with Crippen molar-refractivity contribution in [2.24, 2.45) is 5.92 Å². The number of alkyl carbamates (subject to hydrolysis) is 1. The van der Waals surface area contributed by atoms with Gasteiger partial charge in [-0.1, -0.05) is 57.0 Å². The van der Waals surface area contributed by atoms with E-state index in [9.17, 15) is 4.79 Å². The van der Waals surface area contributed by atoms with Crippen molar-refractivity contribution in [2.45, 2.75) is 39.7 Å². The second-order valence-electron chi connectivity index (χ2n) is 4.50. The lowest BCUT2D eigenvalue weighted by Gasteiger charge is -2.14. The Bertz CT molecular complexity index is 338. The minimum absolute atomic E-state index is 0.326. The Balaban J connectivity index is 2.21. The molecule has 0 heterocycles. The van der Waals surface area contributed by atoms with E-state index >= 15 is 0 Å². The van der Waals surface area contributed by atoms with Crippen LogP contribution in [0.5, 0.6) is 0 Å². The van der Waals surface area contributed by atoms with Gasteiger partial charge in [-0.3, -0.25) is 0 Å². The van der Waals surface area contributed by atoms with Crippen LogP contribution in [0.1, 0.15) is 38.7 Å². The van der Waals surface area contributed by atoms with Crippen LogP contribution in [0.4, 0.5) is 4.79 Å². The molecule has 1 aromatic carbocycles. The number of rotatable bonds is 7. The molecular weight excluding hydrogens is 226 g/mol. The highest BCUT2D eigenvalue weighted by Gasteiger charge is 2.08. The smallest absolute Gasteiger partial charge is 0.407 e. The summed E-state index contributed by atoms with van der Waals surface area (Å²) in [6, 6.07) is 9.82. The summed E-state index contributed by atoms with van der Waals surface area (Å²) in [5.74, 6) is 0.484. The van der Waals surface area contributed by atoms with Gasteiger partial charge in [0, 0.05) is 6.54 Å². The summed E-state index contributed by atoms with van der Waals surface area (Å²) in [7, 11) is 0. The lowest BCUT2D eigenvalue weighted by atomic mass is 10.0. The van der Waals surface area contributed by atoms with Gasteiger partial charge in [0.05, 0.1) is 6.61 Å². The predicted octanol–water partition coefficient (Wildman–Crippen LogP) is 3.74. The maximum atomic E-state index is 11.5. The van der Waals surface area contributed by atoms with Gasteiger partial charge in [-0.05, 0) is 17.9 Å². The first-order valence-corrected chi connectivity index (χ1v) is 6.70. The summed E-state index contributed by atoms with van der Waals surface area (Å²) >= 11 is 0. The molecule has 0 fully saturated rings. The first-order valence-electron chi connectivity index (χ1n) is 6.70. The molecule has 0 spiro atoms. The molecule has 0 saturated heterocycles. The highest BCUT2D eigenvalue weighted by molar-refractivity contribution is 5.67. The fourth-order valence-electron chi connectivity index (χ4n) is 1.83. The monoisotopic (exact) mass is 249 g/mol. The number of nitrogens with one attached hydrogen (secondary N) is 1. The summed E-state index contributed by atoms with van der Waals surface area (Å²) in [5.41, 5.74) is 1.08. The Morgan fingerprint density at radius 2 is 2.00 bits per heavy atom. The van der Waals surface area contributed by atoms with Crippen molar-refractivity contribution in [3.05, 3.63) is 35.9 Å². The first-order chi connectivity index (χ1) is 8.76. The average molecular weight is 249 g/mol. The van der Waals surface area contributed by atoms with E-state index in [1.165, 1.54) is 0 Å². The zero-order chi connectivity index (χ0) is 13.2. The van der Waals surface area contributed by atoms with Gasteiger partial charge in [-0.2, -0.15) is 0 Å². The quantitative estimate of drug-likeness (QED) is 0.799. The Kier molecular flexibility index (Phi) is 6.92. The molecular formula is C15H23NO2. The van der Waals surface area contributed by atoms with Crippen molar-refractivity contribution in [1.82, 2.24) is 5.32 Å². The fraction of sp³-hybridized carbons (Fsp3) is 0.533. The Morgan fingerprint density at radius 3 is 2.61 bits per heavy atom. The number of ether oxygens (including phenoxy) is 1. The van der Waals surface area contributed by atoms with Gasteiger partial charge in [-0.15, -0.1) is 0 Å². The first kappa shape index (κ1) is 14.6. The van der Waals surface area contributed by atoms with Crippen LogP contribution in [-0.2, 0) is 11.3 Å². The van der Waals surface area contributed by atoms with E-state index in [0.717, 1.165) is 24.8 Å². The summed E-state index contributed by atoms with van der Waals surface area (Å²) in [6.07, 6.45) is 2.98. The zero-order valence-corrected chi connectivity index (χ0v) is 11.3. The predicted molar refractivity (Wildman–Crippen MR) is 73.3 cm³/mol. The van der Waals surface area contributed by atoms with Crippen molar-refractivity contribution < 1.29 is 9.53 Å². The number of amides is 1. The minimum Gasteiger partial charge on any atom is -0.449 e. The van der Waals surface area contributed by atoms with E-state index in [1.54, 1.807) is 0 Å². The normalized spacial score (nSPS) is 11.9. The third-order valence-electron chi connectivity index (χ3n) is 3.00. The summed E-state index contributed by atoms with van der Waals surface area (Å²) in [6.45, 7) is 5.32. The fourth-order valence-corrected chi connectivity index (χ4v) is 1.83. The van der Waals surface area contributed by atoms with E-state index in [4.69, 9.17) is 4.74 Å². The SMILES string of the molecule is CCCC(CC)COC(=O)NCc1ccccc1. The largest absolute Gasteiger partial charge is 0.449 e. The number of hydrogen-bond donors (Lipinski definition) is 1. The van der Waals surface area contributed by atoms with Crippen molar-refractivity contribution in [3.8, 4) is 0 Å². The third kappa shape index (κ3) is 5.71. The van der Waals surface area contributed by atoms with Gasteiger partial charge in [0.15, 0.2) is 0 Å². The molecule has 1 atom stereocenters. The third-order valence-corrected chi connectivity index (χ3v) is 3.00. The second kappa shape index (κ2) is 8.56. The van der Waals surface area contributed by atoms with Crippen LogP contribution < -0.4 is 5.32 Å². The van der Waals surface area contributed by atoms with Crippen molar-refractivity contribution in [3.63, 3.8) is 0 Å². The molecule has 0 aliphatic carbocycles. The van der Waals surface area contributed by atoms with Crippen molar-refractivity contribution >= 4 is 6.09 Å². The molecule has 3 heteroatoms. The van der Waals surface area contributed by atoms with Gasteiger partial charge < -0.3 is 10.1 Å². The molecule has 1 N–H and O–H groups in total. The molecule has 18 heavy (non-hydrogen) atoms. The van der Waals surface area contributed by atoms with Gasteiger partial charge in [0.1, 0.15) is 0 Å². The lowest BCUT2D eigenvalue weighted by Crippen LogP contribution is -2.26. The summed E-state index contributed by atoms with van der Waals surface area (Å²) in [5, 5.41) is 2.76. The van der Waals surface area contributed by atoms with Crippen LogP contribution >= 0.6 is 0 Å². The van der Waals surface area contributed by atoms with Gasteiger partial charge in [0.2, 0.25) is 0 Å². The maximum Gasteiger partial charge on any atom is 0.407 e. The Labute approximate surface area is 110 Å². The highest BCUT2D eigenvalue weighted by atomic mass is 16.5. The van der Waals surface area contributed by atoms with E-state index in [2.05, 4.69) is 19.2 Å². The number of benzene rings is 1. The molecule has 3 nitrogen and oxygen atoms in total. The molecule has 100 valence electrons. The maximum absolute atomic E-state index is 11.5. The van der Waals surface area contributed by atoms with Crippen LogP contribution in [-0.4, -0.2) is 12.7 Å². The van der Waals surface area contributed by atoms with Gasteiger partial charge in [0.25, 0.3) is 0 Å². The molecule has 0 aliphatic rings. The molecule has 1 unspecified atom stereocenters. The summed E-state index contributed by atoms with van der Waals surface area (Å²) < 4.78 is 5.22. The molecule has 1 aromatic rings. The molecule has 0 bridgehead atoms. The average Bonchev–Trinajstić information content (AvgIpc) is 2.42. The van der Waals surface area contributed by atoms with Crippen LogP contribution in [0.3, 0.4) is 0 Å². The van der Waals surface area contributed by atoms with Crippen LogP contribution in [0, 0.1) is 5.92 Å². The van der Waals surface area contributed by atoms with Crippen LogP contribution in [0.25, 0.3) is 0 Å².